The molecule has 21 heavy (non-hydrogen) atoms. The second kappa shape index (κ2) is 6.55. The molecule has 0 bridgehead atoms. The van der Waals surface area contributed by atoms with Crippen molar-refractivity contribution in [3.8, 4) is 0 Å². The molecule has 3 rings (SSSR count). The largest absolute Gasteiger partial charge is 0.381 e. The first-order valence-corrected chi connectivity index (χ1v) is 8.94. The highest BCUT2D eigenvalue weighted by molar-refractivity contribution is 7.16. The lowest BCUT2D eigenvalue weighted by atomic mass is 9.93. The van der Waals surface area contributed by atoms with E-state index in [1.807, 2.05) is 13.2 Å². The summed E-state index contributed by atoms with van der Waals surface area (Å²) in [4.78, 5) is 1.44. The molecule has 0 spiro atoms. The van der Waals surface area contributed by atoms with Gasteiger partial charge in [-0.05, 0) is 37.3 Å². The van der Waals surface area contributed by atoms with Crippen molar-refractivity contribution in [1.82, 2.24) is 5.32 Å². The fourth-order valence-corrected chi connectivity index (χ4v) is 4.57. The van der Waals surface area contributed by atoms with Gasteiger partial charge in [0.25, 0.3) is 0 Å². The van der Waals surface area contributed by atoms with Gasteiger partial charge in [0.2, 0.25) is 0 Å². The predicted octanol–water partition coefficient (Wildman–Crippen LogP) is 3.68. The van der Waals surface area contributed by atoms with Crippen LogP contribution in [0.5, 0.6) is 0 Å². The quantitative estimate of drug-likeness (QED) is 0.863. The van der Waals surface area contributed by atoms with Crippen molar-refractivity contribution >= 4 is 22.9 Å². The van der Waals surface area contributed by atoms with Crippen LogP contribution in [-0.4, -0.2) is 38.5 Å². The third-order valence-corrected chi connectivity index (χ3v) is 6.39. The van der Waals surface area contributed by atoms with E-state index in [0.717, 1.165) is 42.9 Å². The molecule has 0 aromatic carbocycles. The van der Waals surface area contributed by atoms with Crippen LogP contribution in [-0.2, 0) is 9.47 Å². The molecule has 1 aliphatic heterocycles. The average Bonchev–Trinajstić information content (AvgIpc) is 3.20. The number of hydrogen-bond donors (Lipinski definition) is 1. The highest BCUT2D eigenvalue weighted by Gasteiger charge is 2.43. The molecule has 118 valence electrons. The normalized spacial score (nSPS) is 29.3. The number of methoxy groups -OCH3 is 1. The van der Waals surface area contributed by atoms with Crippen molar-refractivity contribution in [1.29, 1.82) is 0 Å². The summed E-state index contributed by atoms with van der Waals surface area (Å²) in [6, 6.07) is 4.71. The van der Waals surface area contributed by atoms with Crippen LogP contribution in [0.2, 0.25) is 4.34 Å². The number of halogens is 1. The third-order valence-electron chi connectivity index (χ3n) is 5.02. The van der Waals surface area contributed by atoms with E-state index in [-0.39, 0.29) is 5.60 Å². The van der Waals surface area contributed by atoms with Gasteiger partial charge < -0.3 is 14.8 Å². The van der Waals surface area contributed by atoms with E-state index in [9.17, 15) is 0 Å². The molecule has 2 fully saturated rings. The zero-order chi connectivity index (χ0) is 14.9. The van der Waals surface area contributed by atoms with E-state index in [1.54, 1.807) is 11.3 Å². The minimum atomic E-state index is -0.0386. The molecule has 2 aliphatic rings. The van der Waals surface area contributed by atoms with Gasteiger partial charge in [0.15, 0.2) is 0 Å². The highest BCUT2D eigenvalue weighted by Crippen LogP contribution is 2.52. The minimum Gasteiger partial charge on any atom is -0.381 e. The lowest BCUT2D eigenvalue weighted by molar-refractivity contribution is -0.0887. The topological polar surface area (TPSA) is 30.5 Å². The fraction of sp³-hybridized carbons (Fsp3) is 0.750. The Bertz CT molecular complexity index is 473. The second-order valence-electron chi connectivity index (χ2n) is 6.32. The maximum absolute atomic E-state index is 6.03. The van der Waals surface area contributed by atoms with Gasteiger partial charge in [-0.15, -0.1) is 11.3 Å². The molecule has 1 saturated carbocycles. The van der Waals surface area contributed by atoms with Gasteiger partial charge in [-0.2, -0.15) is 0 Å². The van der Waals surface area contributed by atoms with Crippen LogP contribution < -0.4 is 5.32 Å². The molecule has 2 heterocycles. The molecular formula is C16H24ClNO2S. The molecule has 5 heteroatoms. The first-order chi connectivity index (χ1) is 10.1. The van der Waals surface area contributed by atoms with E-state index in [2.05, 4.69) is 18.3 Å². The standard InChI is InChI=1S/C16H24ClNO2S/c1-11(12-9-13(12)14-3-4-15(17)21-14)18-10-16(19-2)5-7-20-8-6-16/h3-4,11-13,18H,5-10H2,1-2H3/t11-,12+,13-/m1/s1. The summed E-state index contributed by atoms with van der Waals surface area (Å²) >= 11 is 7.76. The first kappa shape index (κ1) is 15.8. The van der Waals surface area contributed by atoms with Crippen LogP contribution in [0, 0.1) is 5.92 Å². The van der Waals surface area contributed by atoms with Gasteiger partial charge in [0, 0.05) is 50.6 Å². The third kappa shape index (κ3) is 3.62. The van der Waals surface area contributed by atoms with Crippen molar-refractivity contribution in [3.63, 3.8) is 0 Å². The minimum absolute atomic E-state index is 0.0386. The predicted molar refractivity (Wildman–Crippen MR) is 87.4 cm³/mol. The van der Waals surface area contributed by atoms with E-state index < -0.39 is 0 Å². The van der Waals surface area contributed by atoms with Crippen molar-refractivity contribution in [2.75, 3.05) is 26.9 Å². The van der Waals surface area contributed by atoms with Crippen molar-refractivity contribution in [2.24, 2.45) is 5.92 Å². The number of ether oxygens (including phenoxy) is 2. The van der Waals surface area contributed by atoms with Gasteiger partial charge in [-0.1, -0.05) is 11.6 Å². The highest BCUT2D eigenvalue weighted by atomic mass is 35.5. The number of rotatable bonds is 6. The second-order valence-corrected chi connectivity index (χ2v) is 8.06. The summed E-state index contributed by atoms with van der Waals surface area (Å²) in [5.74, 6) is 1.42. The number of hydrogen-bond acceptors (Lipinski definition) is 4. The van der Waals surface area contributed by atoms with Gasteiger partial charge >= 0.3 is 0 Å². The lowest BCUT2D eigenvalue weighted by Crippen LogP contribution is -2.49. The molecule has 3 nitrogen and oxygen atoms in total. The molecule has 1 aromatic rings. The summed E-state index contributed by atoms with van der Waals surface area (Å²) in [5.41, 5.74) is -0.0386. The van der Waals surface area contributed by atoms with Gasteiger partial charge in [-0.25, -0.2) is 0 Å². The Morgan fingerprint density at radius 1 is 1.48 bits per heavy atom. The monoisotopic (exact) mass is 329 g/mol. The summed E-state index contributed by atoms with van der Waals surface area (Å²) in [5, 5.41) is 3.70. The maximum Gasteiger partial charge on any atom is 0.0931 e. The smallest absolute Gasteiger partial charge is 0.0931 e. The van der Waals surface area contributed by atoms with Crippen molar-refractivity contribution in [3.05, 3.63) is 21.3 Å². The summed E-state index contributed by atoms with van der Waals surface area (Å²) in [6.07, 6.45) is 3.24. The molecule has 3 atom stereocenters. The molecule has 1 aliphatic carbocycles. The Balaban J connectivity index is 1.50. The number of thiophene rings is 1. The van der Waals surface area contributed by atoms with E-state index in [4.69, 9.17) is 21.1 Å². The Hall–Kier alpha value is -0.130. The van der Waals surface area contributed by atoms with Crippen LogP contribution in [0.3, 0.4) is 0 Å². The van der Waals surface area contributed by atoms with Crippen LogP contribution in [0.1, 0.15) is 37.0 Å². The lowest BCUT2D eigenvalue weighted by Gasteiger charge is -2.37. The summed E-state index contributed by atoms with van der Waals surface area (Å²) in [6.45, 7) is 4.83. The van der Waals surface area contributed by atoms with E-state index in [1.165, 1.54) is 11.3 Å². The van der Waals surface area contributed by atoms with E-state index >= 15 is 0 Å². The van der Waals surface area contributed by atoms with Crippen LogP contribution >= 0.6 is 22.9 Å². The van der Waals surface area contributed by atoms with Crippen molar-refractivity contribution in [2.45, 2.75) is 43.7 Å². The Labute approximate surface area is 136 Å². The Morgan fingerprint density at radius 3 is 2.86 bits per heavy atom. The van der Waals surface area contributed by atoms with Crippen LogP contribution in [0.25, 0.3) is 0 Å². The molecule has 1 aromatic heterocycles. The van der Waals surface area contributed by atoms with E-state index in [0.29, 0.717) is 12.0 Å². The summed E-state index contributed by atoms with van der Waals surface area (Å²) in [7, 11) is 1.82. The molecular weight excluding hydrogens is 306 g/mol. The maximum atomic E-state index is 6.03. The average molecular weight is 330 g/mol. The molecule has 1 N–H and O–H groups in total. The van der Waals surface area contributed by atoms with Crippen LogP contribution in [0.15, 0.2) is 12.1 Å². The summed E-state index contributed by atoms with van der Waals surface area (Å²) < 4.78 is 12.1. The number of nitrogens with one attached hydrogen (secondary N) is 1. The zero-order valence-electron chi connectivity index (χ0n) is 12.7. The fourth-order valence-electron chi connectivity index (χ4n) is 3.32. The van der Waals surface area contributed by atoms with Gasteiger partial charge in [0.1, 0.15) is 0 Å². The van der Waals surface area contributed by atoms with Crippen LogP contribution in [0.4, 0.5) is 0 Å². The zero-order valence-corrected chi connectivity index (χ0v) is 14.3. The SMILES string of the molecule is COC1(CN[C@H](C)[C@@H]2C[C@H]2c2ccc(Cl)s2)CCOCC1. The molecule has 0 radical (unpaired) electrons. The van der Waals surface area contributed by atoms with Gasteiger partial charge in [-0.3, -0.25) is 0 Å². The molecule has 0 amide bonds. The first-order valence-electron chi connectivity index (χ1n) is 7.75. The molecule has 0 unspecified atom stereocenters. The Morgan fingerprint density at radius 2 is 2.24 bits per heavy atom. The Kier molecular flexibility index (Phi) is 4.91. The van der Waals surface area contributed by atoms with Crippen molar-refractivity contribution < 1.29 is 9.47 Å². The molecule has 1 saturated heterocycles. The van der Waals surface area contributed by atoms with Gasteiger partial charge in [0.05, 0.1) is 9.94 Å².